The number of aliphatic carboxylic acids is 1. The highest BCUT2D eigenvalue weighted by molar-refractivity contribution is 5.92. The average Bonchev–Trinajstić information content (AvgIpc) is 2.97. The molecule has 0 spiro atoms. The summed E-state index contributed by atoms with van der Waals surface area (Å²) in [4.78, 5) is 12.6. The normalized spacial score (nSPS) is 11.2. The Morgan fingerprint density at radius 3 is 2.62 bits per heavy atom. The number of carbonyl (C=O) groups is 1. The number of hydrogen-bond donors (Lipinski definition) is 2. The minimum Gasteiger partial charge on any atom is -0.504 e. The molecule has 3 rings (SSSR count). The Hall–Kier alpha value is -3.21. The number of hydrogen-bond acceptors (Lipinski definition) is 4. The van der Waals surface area contributed by atoms with E-state index in [1.54, 1.807) is 6.07 Å². The van der Waals surface area contributed by atoms with Crippen LogP contribution in [0.15, 0.2) is 53.0 Å². The zero-order valence-corrected chi connectivity index (χ0v) is 13.4. The Bertz CT molecular complexity index is 938. The summed E-state index contributed by atoms with van der Waals surface area (Å²) in [7, 11) is 3.90. The molecular weight excluding hydrogens is 306 g/mol. The molecule has 0 amide bonds. The summed E-state index contributed by atoms with van der Waals surface area (Å²) in [6, 6.07) is 12.9. The van der Waals surface area contributed by atoms with Gasteiger partial charge in [-0.3, -0.25) is 0 Å². The van der Waals surface area contributed by atoms with Gasteiger partial charge in [-0.05, 0) is 42.0 Å². The van der Waals surface area contributed by atoms with Crippen LogP contribution in [0.5, 0.6) is 5.75 Å². The van der Waals surface area contributed by atoms with E-state index in [1.165, 1.54) is 12.1 Å². The second-order valence-electron chi connectivity index (χ2n) is 5.65. The third-order valence-electron chi connectivity index (χ3n) is 3.69. The lowest BCUT2D eigenvalue weighted by Crippen LogP contribution is -2.09. The number of nitrogens with zero attached hydrogens (tertiary/aromatic N) is 1. The topological polar surface area (TPSA) is 73.9 Å². The fraction of sp³-hybridized carbons (Fsp3) is 0.105. The number of para-hydroxylation sites is 1. The first kappa shape index (κ1) is 15.7. The number of phenolic OH excluding ortho intramolecular Hbond substituents is 1. The van der Waals surface area contributed by atoms with Crippen molar-refractivity contribution >= 4 is 28.7 Å². The zero-order valence-electron chi connectivity index (χ0n) is 13.4. The van der Waals surface area contributed by atoms with Crippen LogP contribution in [-0.4, -0.2) is 30.3 Å². The average molecular weight is 323 g/mol. The van der Waals surface area contributed by atoms with Crippen molar-refractivity contribution in [3.05, 3.63) is 54.1 Å². The zero-order chi connectivity index (χ0) is 17.3. The number of aromatic hydroxyl groups is 1. The standard InChI is InChI=1S/C19H17NO4/c1-20(2)15-6-4-3-5-14(15)17-11-13-9-12(7-8-18(22)23)10-16(21)19(13)24-17/h3-11,21H,1-2H3,(H,22,23)/b8-7+. The van der Waals surface area contributed by atoms with Crippen molar-refractivity contribution in [2.45, 2.75) is 0 Å². The summed E-state index contributed by atoms with van der Waals surface area (Å²) in [6.07, 6.45) is 2.46. The molecule has 0 bridgehead atoms. The van der Waals surface area contributed by atoms with Crippen LogP contribution >= 0.6 is 0 Å². The van der Waals surface area contributed by atoms with Crippen molar-refractivity contribution in [2.24, 2.45) is 0 Å². The van der Waals surface area contributed by atoms with E-state index < -0.39 is 5.97 Å². The molecule has 0 fully saturated rings. The maximum atomic E-state index is 10.6. The van der Waals surface area contributed by atoms with E-state index in [0.717, 1.165) is 17.3 Å². The molecule has 24 heavy (non-hydrogen) atoms. The summed E-state index contributed by atoms with van der Waals surface area (Å²) in [5.74, 6) is -0.419. The van der Waals surface area contributed by atoms with Crippen LogP contribution in [0.3, 0.4) is 0 Å². The molecule has 0 saturated heterocycles. The Morgan fingerprint density at radius 1 is 1.17 bits per heavy atom. The van der Waals surface area contributed by atoms with Crippen LogP contribution in [0.2, 0.25) is 0 Å². The molecular formula is C19H17NO4. The lowest BCUT2D eigenvalue weighted by Gasteiger charge is -2.15. The Kier molecular flexibility index (Phi) is 4.00. The largest absolute Gasteiger partial charge is 0.504 e. The lowest BCUT2D eigenvalue weighted by atomic mass is 10.1. The summed E-state index contributed by atoms with van der Waals surface area (Å²) >= 11 is 0. The Labute approximate surface area is 139 Å². The Balaban J connectivity index is 2.13. The van der Waals surface area contributed by atoms with Crippen molar-refractivity contribution in [3.8, 4) is 17.1 Å². The number of rotatable bonds is 4. The van der Waals surface area contributed by atoms with E-state index in [1.807, 2.05) is 49.3 Å². The van der Waals surface area contributed by atoms with Crippen LogP contribution in [0.4, 0.5) is 5.69 Å². The van der Waals surface area contributed by atoms with Crippen LogP contribution < -0.4 is 4.90 Å². The Morgan fingerprint density at radius 2 is 1.92 bits per heavy atom. The van der Waals surface area contributed by atoms with E-state index in [9.17, 15) is 9.90 Å². The number of benzene rings is 2. The minimum absolute atomic E-state index is 0.0221. The highest BCUT2D eigenvalue weighted by atomic mass is 16.4. The quantitative estimate of drug-likeness (QED) is 0.711. The van der Waals surface area contributed by atoms with Crippen LogP contribution in [0.1, 0.15) is 5.56 Å². The third-order valence-corrected chi connectivity index (χ3v) is 3.69. The summed E-state index contributed by atoms with van der Waals surface area (Å²) in [5.41, 5.74) is 2.89. The molecule has 1 aromatic heterocycles. The molecule has 0 saturated carbocycles. The highest BCUT2D eigenvalue weighted by Gasteiger charge is 2.14. The first-order valence-corrected chi connectivity index (χ1v) is 7.40. The smallest absolute Gasteiger partial charge is 0.328 e. The minimum atomic E-state index is -1.04. The van der Waals surface area contributed by atoms with Gasteiger partial charge in [-0.25, -0.2) is 4.79 Å². The van der Waals surface area contributed by atoms with Gasteiger partial charge in [0.2, 0.25) is 0 Å². The van der Waals surface area contributed by atoms with Gasteiger partial charge in [0.25, 0.3) is 0 Å². The van der Waals surface area contributed by atoms with Gasteiger partial charge in [-0.1, -0.05) is 12.1 Å². The van der Waals surface area contributed by atoms with E-state index >= 15 is 0 Å². The van der Waals surface area contributed by atoms with Crippen molar-refractivity contribution < 1.29 is 19.4 Å². The number of carboxylic acid groups (broad SMARTS) is 1. The first-order chi connectivity index (χ1) is 11.5. The van der Waals surface area contributed by atoms with Crippen molar-refractivity contribution in [1.29, 1.82) is 0 Å². The van der Waals surface area contributed by atoms with Gasteiger partial charge < -0.3 is 19.5 Å². The number of fused-ring (bicyclic) bond motifs is 1. The van der Waals surface area contributed by atoms with Crippen LogP contribution in [-0.2, 0) is 4.79 Å². The van der Waals surface area contributed by atoms with E-state index in [4.69, 9.17) is 9.52 Å². The predicted octanol–water partition coefficient (Wildman–Crippen LogP) is 3.97. The fourth-order valence-corrected chi connectivity index (χ4v) is 2.63. The van der Waals surface area contributed by atoms with Crippen LogP contribution in [0, 0.1) is 0 Å². The molecule has 0 radical (unpaired) electrons. The van der Waals surface area contributed by atoms with Gasteiger partial charge in [0.15, 0.2) is 11.3 Å². The van der Waals surface area contributed by atoms with Crippen molar-refractivity contribution in [2.75, 3.05) is 19.0 Å². The highest BCUT2D eigenvalue weighted by Crippen LogP contribution is 2.37. The molecule has 0 aliphatic rings. The number of anilines is 1. The van der Waals surface area contributed by atoms with E-state index in [-0.39, 0.29) is 5.75 Å². The molecule has 2 aromatic carbocycles. The third kappa shape index (κ3) is 2.96. The summed E-state index contributed by atoms with van der Waals surface area (Å²) in [5, 5.41) is 19.6. The maximum absolute atomic E-state index is 10.6. The molecule has 1 heterocycles. The number of furan rings is 1. The second kappa shape index (κ2) is 6.12. The van der Waals surface area contributed by atoms with Gasteiger partial charge in [-0.15, -0.1) is 0 Å². The van der Waals surface area contributed by atoms with Gasteiger partial charge in [-0.2, -0.15) is 0 Å². The summed E-state index contributed by atoms with van der Waals surface area (Å²) in [6.45, 7) is 0. The second-order valence-corrected chi connectivity index (χ2v) is 5.65. The molecule has 5 heteroatoms. The lowest BCUT2D eigenvalue weighted by molar-refractivity contribution is -0.131. The number of carboxylic acids is 1. The van der Waals surface area contributed by atoms with Crippen molar-refractivity contribution in [1.82, 2.24) is 0 Å². The van der Waals surface area contributed by atoms with Gasteiger partial charge in [0.05, 0.1) is 0 Å². The van der Waals surface area contributed by atoms with Crippen molar-refractivity contribution in [3.63, 3.8) is 0 Å². The summed E-state index contributed by atoms with van der Waals surface area (Å²) < 4.78 is 5.84. The predicted molar refractivity (Wildman–Crippen MR) is 94.3 cm³/mol. The van der Waals surface area contributed by atoms with Gasteiger partial charge in [0.1, 0.15) is 5.76 Å². The molecule has 3 aromatic rings. The monoisotopic (exact) mass is 323 g/mol. The molecule has 0 unspecified atom stereocenters. The SMILES string of the molecule is CN(C)c1ccccc1-c1cc2cc(/C=C/C(=O)O)cc(O)c2o1. The van der Waals surface area contributed by atoms with E-state index in [2.05, 4.69) is 0 Å². The van der Waals surface area contributed by atoms with Crippen LogP contribution in [0.25, 0.3) is 28.4 Å². The molecule has 0 aliphatic carbocycles. The van der Waals surface area contributed by atoms with E-state index in [0.29, 0.717) is 22.3 Å². The molecule has 122 valence electrons. The number of phenols is 1. The molecule has 5 nitrogen and oxygen atoms in total. The fourth-order valence-electron chi connectivity index (χ4n) is 2.63. The van der Waals surface area contributed by atoms with Gasteiger partial charge in [0, 0.05) is 36.8 Å². The molecule has 2 N–H and O–H groups in total. The molecule has 0 atom stereocenters. The first-order valence-electron chi connectivity index (χ1n) is 7.40. The van der Waals surface area contributed by atoms with Gasteiger partial charge >= 0.3 is 5.97 Å². The molecule has 0 aliphatic heterocycles. The maximum Gasteiger partial charge on any atom is 0.328 e.